The van der Waals surface area contributed by atoms with Gasteiger partial charge in [-0.3, -0.25) is 0 Å². The van der Waals surface area contributed by atoms with Gasteiger partial charge in [-0.25, -0.2) is 21.8 Å². The van der Waals surface area contributed by atoms with E-state index in [2.05, 4.69) is 11.9 Å². The Morgan fingerprint density at radius 2 is 1.14 bits per heavy atom. The Labute approximate surface area is 343 Å². The molecular formula is C31H44K2N2O6S2. The molecule has 0 fully saturated rings. The fourth-order valence-corrected chi connectivity index (χ4v) is 6.35. The Hall–Kier alpha value is 1.00. The van der Waals surface area contributed by atoms with Gasteiger partial charge in [-0.15, -0.1) is 0 Å². The van der Waals surface area contributed by atoms with Gasteiger partial charge in [0.05, 0.1) is 20.8 Å². The number of fused-ring (bicyclic) bond motifs is 1. The molecule has 228 valence electrons. The van der Waals surface area contributed by atoms with Crippen molar-refractivity contribution in [2.45, 2.75) is 126 Å². The fraction of sp³-hybridized carbons (Fsp3) is 0.581. The molecule has 3 rings (SSSR count). The third kappa shape index (κ3) is 15.2. The van der Waals surface area contributed by atoms with Gasteiger partial charge in [0.25, 0.3) is 0 Å². The van der Waals surface area contributed by atoms with Crippen molar-refractivity contribution in [1.29, 1.82) is 0 Å². The van der Waals surface area contributed by atoms with Crippen LogP contribution in [0.2, 0.25) is 0 Å². The minimum absolute atomic E-state index is 0. The van der Waals surface area contributed by atoms with E-state index in [9.17, 15) is 25.9 Å². The van der Waals surface area contributed by atoms with Crippen molar-refractivity contribution in [3.05, 3.63) is 53.9 Å². The second-order valence-corrected chi connectivity index (χ2v) is 13.8. The molecule has 8 nitrogen and oxygen atoms in total. The average molecular weight is 683 g/mol. The SMILES string of the molecule is CCCCCCCCCCCCCCCCCc1nc2cc(S(=O)(=O)[O-])ccc2n1Cc1cccc(S(=O)(=O)[O-])c1.[K+].[K+]. The summed E-state index contributed by atoms with van der Waals surface area (Å²) >= 11 is 0. The standard InChI is InChI=1S/C31H46N2O6S2.2K/c1-2-3-4-5-6-7-8-9-10-11-12-13-14-15-16-20-31-32-29-24-28(41(37,38)39)21-22-30(29)33(31)25-26-18-17-19-27(23-26)40(34,35)36;;/h17-19,21-24H,2-16,20,25H2,1H3,(H,34,35,36)(H,37,38,39);;/q;2*+1/p-2. The first-order chi connectivity index (χ1) is 19.6. The molecule has 0 N–H and O–H groups in total. The minimum Gasteiger partial charge on any atom is -0.744 e. The van der Waals surface area contributed by atoms with E-state index < -0.39 is 20.2 Å². The molecule has 0 atom stereocenters. The monoisotopic (exact) mass is 682 g/mol. The number of aryl methyl sites for hydroxylation is 1. The van der Waals surface area contributed by atoms with Crippen molar-refractivity contribution >= 4 is 31.3 Å². The molecule has 43 heavy (non-hydrogen) atoms. The molecule has 1 heterocycles. The number of imidazole rings is 1. The quantitative estimate of drug-likeness (QED) is 0.0998. The van der Waals surface area contributed by atoms with Gasteiger partial charge in [-0.05, 0) is 42.3 Å². The number of aromatic nitrogens is 2. The van der Waals surface area contributed by atoms with E-state index in [0.29, 0.717) is 23.0 Å². The van der Waals surface area contributed by atoms with Gasteiger partial charge in [0, 0.05) is 13.0 Å². The van der Waals surface area contributed by atoms with Crippen LogP contribution in [-0.4, -0.2) is 35.5 Å². The largest absolute Gasteiger partial charge is 1.00 e. The van der Waals surface area contributed by atoms with Crippen LogP contribution in [0.4, 0.5) is 0 Å². The van der Waals surface area contributed by atoms with Crippen LogP contribution in [0.5, 0.6) is 0 Å². The van der Waals surface area contributed by atoms with Crippen molar-refractivity contribution in [2.75, 3.05) is 0 Å². The number of benzene rings is 2. The predicted molar refractivity (Wildman–Crippen MR) is 160 cm³/mol. The summed E-state index contributed by atoms with van der Waals surface area (Å²) in [6.45, 7) is 2.51. The third-order valence-electron chi connectivity index (χ3n) is 7.62. The smallest absolute Gasteiger partial charge is 0.744 e. The number of hydrogen-bond acceptors (Lipinski definition) is 7. The predicted octanol–water partition coefficient (Wildman–Crippen LogP) is 1.31. The van der Waals surface area contributed by atoms with Crippen LogP contribution in [0.25, 0.3) is 11.0 Å². The van der Waals surface area contributed by atoms with Gasteiger partial charge in [0.15, 0.2) is 0 Å². The molecular weight excluding hydrogens is 639 g/mol. The van der Waals surface area contributed by atoms with Crippen LogP contribution in [0.1, 0.15) is 115 Å². The van der Waals surface area contributed by atoms with Crippen LogP contribution in [-0.2, 0) is 33.2 Å². The number of unbranched alkanes of at least 4 members (excludes halogenated alkanes) is 14. The summed E-state index contributed by atoms with van der Waals surface area (Å²) in [5.41, 5.74) is 1.65. The third-order valence-corrected chi connectivity index (χ3v) is 9.28. The first kappa shape index (κ1) is 42.0. The zero-order valence-electron chi connectivity index (χ0n) is 26.2. The maximum Gasteiger partial charge on any atom is 1.00 e. The van der Waals surface area contributed by atoms with E-state index in [1.165, 1.54) is 107 Å². The van der Waals surface area contributed by atoms with Gasteiger partial charge >= 0.3 is 103 Å². The summed E-state index contributed by atoms with van der Waals surface area (Å²) in [6.07, 6.45) is 19.7. The molecule has 0 aliphatic heterocycles. The summed E-state index contributed by atoms with van der Waals surface area (Å²) in [5, 5.41) is 0. The van der Waals surface area contributed by atoms with Crippen molar-refractivity contribution in [2.24, 2.45) is 0 Å². The van der Waals surface area contributed by atoms with Gasteiger partial charge in [0.2, 0.25) is 0 Å². The molecule has 0 amide bonds. The molecule has 0 spiro atoms. The van der Waals surface area contributed by atoms with Crippen LogP contribution >= 0.6 is 0 Å². The molecule has 0 aliphatic rings. The molecule has 0 aliphatic carbocycles. The van der Waals surface area contributed by atoms with Crippen molar-refractivity contribution in [3.63, 3.8) is 0 Å². The Morgan fingerprint density at radius 3 is 1.65 bits per heavy atom. The average Bonchev–Trinajstić information content (AvgIpc) is 3.26. The molecule has 3 aromatic rings. The molecule has 1 aromatic heterocycles. The number of rotatable bonds is 20. The number of nitrogens with zero attached hydrogens (tertiary/aromatic N) is 2. The molecule has 0 bridgehead atoms. The Kier molecular flexibility index (Phi) is 21.3. The van der Waals surface area contributed by atoms with Gasteiger partial charge in [-0.1, -0.05) is 109 Å². The van der Waals surface area contributed by atoms with Crippen LogP contribution in [0.15, 0.2) is 52.3 Å². The van der Waals surface area contributed by atoms with E-state index in [1.54, 1.807) is 12.1 Å². The Bertz CT molecular complexity index is 1460. The summed E-state index contributed by atoms with van der Waals surface area (Å²) in [6, 6.07) is 9.96. The van der Waals surface area contributed by atoms with Gasteiger partial charge in [0.1, 0.15) is 26.1 Å². The van der Waals surface area contributed by atoms with E-state index >= 15 is 0 Å². The molecule has 0 saturated heterocycles. The topological polar surface area (TPSA) is 132 Å². The van der Waals surface area contributed by atoms with Gasteiger partial charge < -0.3 is 13.7 Å². The fourth-order valence-electron chi connectivity index (χ4n) is 5.32. The first-order valence-corrected chi connectivity index (χ1v) is 17.9. The van der Waals surface area contributed by atoms with Gasteiger partial charge in [-0.2, -0.15) is 0 Å². The van der Waals surface area contributed by atoms with E-state index in [1.807, 2.05) is 4.57 Å². The van der Waals surface area contributed by atoms with Crippen molar-refractivity contribution in [3.8, 4) is 0 Å². The van der Waals surface area contributed by atoms with Crippen molar-refractivity contribution in [1.82, 2.24) is 9.55 Å². The summed E-state index contributed by atoms with van der Waals surface area (Å²) in [4.78, 5) is 3.99. The molecule has 0 saturated carbocycles. The summed E-state index contributed by atoms with van der Waals surface area (Å²) < 4.78 is 71.0. The molecule has 0 unspecified atom stereocenters. The van der Waals surface area contributed by atoms with Crippen LogP contribution < -0.4 is 103 Å². The molecule has 12 heteroatoms. The second kappa shape index (κ2) is 21.8. The second-order valence-electron chi connectivity index (χ2n) is 11.0. The minimum atomic E-state index is -4.62. The summed E-state index contributed by atoms with van der Waals surface area (Å²) in [5.74, 6) is 0.727. The van der Waals surface area contributed by atoms with E-state index in [4.69, 9.17) is 0 Å². The molecule has 0 radical (unpaired) electrons. The molecule has 2 aromatic carbocycles. The summed E-state index contributed by atoms with van der Waals surface area (Å²) in [7, 11) is -9.22. The zero-order valence-corrected chi connectivity index (χ0v) is 34.1. The zero-order chi connectivity index (χ0) is 29.7. The first-order valence-electron chi connectivity index (χ1n) is 15.1. The van der Waals surface area contributed by atoms with Crippen LogP contribution in [0.3, 0.4) is 0 Å². The Balaban J connectivity index is 0.00000462. The Morgan fingerprint density at radius 1 is 0.651 bits per heavy atom. The van der Waals surface area contributed by atoms with E-state index in [-0.39, 0.29) is 119 Å². The van der Waals surface area contributed by atoms with Crippen molar-refractivity contribution < 1.29 is 129 Å². The van der Waals surface area contributed by atoms with E-state index in [0.717, 1.165) is 25.1 Å². The maximum absolute atomic E-state index is 11.5. The number of hydrogen-bond donors (Lipinski definition) is 0. The van der Waals surface area contributed by atoms with Crippen LogP contribution in [0, 0.1) is 0 Å². The maximum atomic E-state index is 11.5. The normalized spacial score (nSPS) is 11.8.